The van der Waals surface area contributed by atoms with Crippen LogP contribution in [0.25, 0.3) is 0 Å². The topological polar surface area (TPSA) is 9.23 Å². The normalized spacial score (nSPS) is 12.8. The Bertz CT molecular complexity index is 297. The number of halogens is 3. The van der Waals surface area contributed by atoms with Gasteiger partial charge in [-0.1, -0.05) is 6.07 Å². The Balaban J connectivity index is 2.63. The molecule has 15 heavy (non-hydrogen) atoms. The molecule has 0 amide bonds. The van der Waals surface area contributed by atoms with Gasteiger partial charge in [0.15, 0.2) is 0 Å². The molecule has 1 atom stereocenters. The van der Waals surface area contributed by atoms with Crippen molar-refractivity contribution in [1.82, 2.24) is 0 Å². The Labute approximate surface area is 93.0 Å². The zero-order chi connectivity index (χ0) is 11.3. The lowest BCUT2D eigenvalue weighted by molar-refractivity contribution is 0.193. The third-order valence-electron chi connectivity index (χ3n) is 2.12. The van der Waals surface area contributed by atoms with Gasteiger partial charge in [-0.05, 0) is 25.0 Å². The second-order valence-corrected chi connectivity index (χ2v) is 3.90. The molecular formula is C11H13ClF2O. The van der Waals surface area contributed by atoms with Crippen molar-refractivity contribution in [2.45, 2.75) is 18.2 Å². The highest BCUT2D eigenvalue weighted by molar-refractivity contribution is 6.20. The molecular weight excluding hydrogens is 222 g/mol. The number of hydrogen-bond acceptors (Lipinski definition) is 1. The van der Waals surface area contributed by atoms with E-state index in [0.717, 1.165) is 0 Å². The molecule has 0 radical (unpaired) electrons. The molecule has 1 aromatic rings. The van der Waals surface area contributed by atoms with Gasteiger partial charge in [0.1, 0.15) is 11.6 Å². The number of ether oxygens (including phenoxy) is 1. The highest BCUT2D eigenvalue weighted by Crippen LogP contribution is 2.17. The first-order valence-corrected chi connectivity index (χ1v) is 5.14. The molecule has 1 aromatic carbocycles. The van der Waals surface area contributed by atoms with Crippen molar-refractivity contribution in [3.63, 3.8) is 0 Å². The maximum atomic E-state index is 13.2. The maximum Gasteiger partial charge on any atom is 0.129 e. The van der Waals surface area contributed by atoms with Gasteiger partial charge >= 0.3 is 0 Å². The first-order chi connectivity index (χ1) is 7.15. The number of hydrogen-bond donors (Lipinski definition) is 0. The molecule has 0 aromatic heterocycles. The molecule has 0 heterocycles. The van der Waals surface area contributed by atoms with Gasteiger partial charge in [-0.25, -0.2) is 8.78 Å². The molecule has 84 valence electrons. The Kier molecular flexibility index (Phi) is 4.99. The van der Waals surface area contributed by atoms with Gasteiger partial charge in [-0.15, -0.1) is 11.6 Å². The van der Waals surface area contributed by atoms with E-state index >= 15 is 0 Å². The molecule has 0 saturated heterocycles. The standard InChI is InChI=1S/C11H13ClF2O/c1-15-6-5-8(12)7-9-10(13)3-2-4-11(9)14/h2-4,8H,5-7H2,1H3. The van der Waals surface area contributed by atoms with Crippen molar-refractivity contribution < 1.29 is 13.5 Å². The summed E-state index contributed by atoms with van der Waals surface area (Å²) in [6.45, 7) is 0.490. The molecule has 0 N–H and O–H groups in total. The van der Waals surface area contributed by atoms with Crippen LogP contribution >= 0.6 is 11.6 Å². The summed E-state index contributed by atoms with van der Waals surface area (Å²) >= 11 is 5.92. The fourth-order valence-corrected chi connectivity index (χ4v) is 1.54. The summed E-state index contributed by atoms with van der Waals surface area (Å²) in [5.74, 6) is -1.09. The van der Waals surface area contributed by atoms with E-state index in [1.54, 1.807) is 7.11 Å². The first-order valence-electron chi connectivity index (χ1n) is 4.71. The number of rotatable bonds is 5. The van der Waals surface area contributed by atoms with Crippen LogP contribution in [-0.4, -0.2) is 19.1 Å². The molecule has 4 heteroatoms. The minimum atomic E-state index is -0.543. The highest BCUT2D eigenvalue weighted by Gasteiger charge is 2.13. The second kappa shape index (κ2) is 6.03. The maximum absolute atomic E-state index is 13.2. The predicted octanol–water partition coefficient (Wildman–Crippen LogP) is 3.15. The van der Waals surface area contributed by atoms with Crippen molar-refractivity contribution in [1.29, 1.82) is 0 Å². The molecule has 0 spiro atoms. The van der Waals surface area contributed by atoms with Gasteiger partial charge in [0, 0.05) is 24.7 Å². The SMILES string of the molecule is COCCC(Cl)Cc1c(F)cccc1F. The van der Waals surface area contributed by atoms with Crippen LogP contribution in [0.15, 0.2) is 18.2 Å². The van der Waals surface area contributed by atoms with E-state index in [0.29, 0.717) is 13.0 Å². The molecule has 0 saturated carbocycles. The molecule has 1 unspecified atom stereocenters. The third-order valence-corrected chi connectivity index (χ3v) is 2.50. The van der Waals surface area contributed by atoms with Crippen LogP contribution in [0.5, 0.6) is 0 Å². The van der Waals surface area contributed by atoms with Crippen LogP contribution in [0.2, 0.25) is 0 Å². The summed E-state index contributed by atoms with van der Waals surface area (Å²) in [6.07, 6.45) is 0.759. The van der Waals surface area contributed by atoms with Gasteiger partial charge in [0.05, 0.1) is 0 Å². The average Bonchev–Trinajstić information content (AvgIpc) is 2.21. The van der Waals surface area contributed by atoms with E-state index in [1.165, 1.54) is 18.2 Å². The molecule has 0 aliphatic heterocycles. The van der Waals surface area contributed by atoms with Crippen molar-refractivity contribution >= 4 is 11.6 Å². The van der Waals surface area contributed by atoms with Crippen LogP contribution < -0.4 is 0 Å². The van der Waals surface area contributed by atoms with Crippen molar-refractivity contribution in [3.8, 4) is 0 Å². The van der Waals surface area contributed by atoms with Gasteiger partial charge < -0.3 is 4.74 Å². The monoisotopic (exact) mass is 234 g/mol. The lowest BCUT2D eigenvalue weighted by Gasteiger charge is -2.10. The summed E-state index contributed by atoms with van der Waals surface area (Å²) in [4.78, 5) is 0. The quantitative estimate of drug-likeness (QED) is 0.712. The van der Waals surface area contributed by atoms with Crippen molar-refractivity contribution in [2.24, 2.45) is 0 Å². The van der Waals surface area contributed by atoms with Crippen LogP contribution in [0, 0.1) is 11.6 Å². The van der Waals surface area contributed by atoms with E-state index < -0.39 is 11.6 Å². The Morgan fingerprint density at radius 2 is 1.93 bits per heavy atom. The van der Waals surface area contributed by atoms with Crippen LogP contribution in [0.4, 0.5) is 8.78 Å². The molecule has 1 nitrogen and oxygen atoms in total. The second-order valence-electron chi connectivity index (χ2n) is 3.28. The lowest BCUT2D eigenvalue weighted by Crippen LogP contribution is -2.09. The molecule has 1 rings (SSSR count). The smallest absolute Gasteiger partial charge is 0.129 e. The van der Waals surface area contributed by atoms with E-state index in [1.807, 2.05) is 0 Å². The predicted molar refractivity (Wildman–Crippen MR) is 56.2 cm³/mol. The lowest BCUT2D eigenvalue weighted by atomic mass is 10.1. The third kappa shape index (κ3) is 3.76. The highest BCUT2D eigenvalue weighted by atomic mass is 35.5. The van der Waals surface area contributed by atoms with Crippen LogP contribution in [-0.2, 0) is 11.2 Å². The van der Waals surface area contributed by atoms with E-state index in [-0.39, 0.29) is 17.4 Å². The summed E-state index contributed by atoms with van der Waals surface area (Å²) in [5.41, 5.74) is 0.0496. The first kappa shape index (κ1) is 12.4. The van der Waals surface area contributed by atoms with Crippen molar-refractivity contribution in [3.05, 3.63) is 35.4 Å². The fraction of sp³-hybridized carbons (Fsp3) is 0.455. The van der Waals surface area contributed by atoms with Crippen LogP contribution in [0.1, 0.15) is 12.0 Å². The molecule has 0 aliphatic rings. The average molecular weight is 235 g/mol. The number of methoxy groups -OCH3 is 1. The Morgan fingerprint density at radius 3 is 2.47 bits per heavy atom. The Hall–Kier alpha value is -0.670. The van der Waals surface area contributed by atoms with Crippen molar-refractivity contribution in [2.75, 3.05) is 13.7 Å². The van der Waals surface area contributed by atoms with Gasteiger partial charge in [-0.3, -0.25) is 0 Å². The van der Waals surface area contributed by atoms with Gasteiger partial charge in [0.2, 0.25) is 0 Å². The molecule has 0 fully saturated rings. The Morgan fingerprint density at radius 1 is 1.33 bits per heavy atom. The summed E-state index contributed by atoms with van der Waals surface area (Å²) < 4.78 is 31.2. The molecule has 0 aliphatic carbocycles. The van der Waals surface area contributed by atoms with E-state index in [9.17, 15) is 8.78 Å². The summed E-state index contributed by atoms with van der Waals surface area (Å²) in [7, 11) is 1.56. The van der Waals surface area contributed by atoms with Gasteiger partial charge in [-0.2, -0.15) is 0 Å². The largest absolute Gasteiger partial charge is 0.385 e. The molecule has 0 bridgehead atoms. The van der Waals surface area contributed by atoms with Crippen LogP contribution in [0.3, 0.4) is 0 Å². The minimum Gasteiger partial charge on any atom is -0.385 e. The van der Waals surface area contributed by atoms with E-state index in [2.05, 4.69) is 0 Å². The fourth-order valence-electron chi connectivity index (χ4n) is 1.30. The summed E-state index contributed by atoms with van der Waals surface area (Å²) in [5, 5.41) is -0.309. The van der Waals surface area contributed by atoms with Gasteiger partial charge in [0.25, 0.3) is 0 Å². The minimum absolute atomic E-state index is 0.0496. The zero-order valence-electron chi connectivity index (χ0n) is 8.47. The summed E-state index contributed by atoms with van der Waals surface area (Å²) in [6, 6.07) is 3.81. The number of benzene rings is 1. The van der Waals surface area contributed by atoms with E-state index in [4.69, 9.17) is 16.3 Å². The zero-order valence-corrected chi connectivity index (χ0v) is 9.23. The number of alkyl halides is 1.